The van der Waals surface area contributed by atoms with Crippen LogP contribution < -0.4 is 0 Å². The van der Waals surface area contributed by atoms with Crippen LogP contribution in [-0.2, 0) is 16.1 Å². The molecule has 2 aliphatic carbocycles. The van der Waals surface area contributed by atoms with Gasteiger partial charge in [0.15, 0.2) is 5.69 Å². The zero-order valence-electron chi connectivity index (χ0n) is 11.5. The molecule has 0 atom stereocenters. The van der Waals surface area contributed by atoms with Gasteiger partial charge in [-0.3, -0.25) is 4.79 Å². The Morgan fingerprint density at radius 1 is 1.40 bits per heavy atom. The fourth-order valence-corrected chi connectivity index (χ4v) is 2.39. The van der Waals surface area contributed by atoms with Crippen LogP contribution in [0.15, 0.2) is 10.7 Å². The van der Waals surface area contributed by atoms with E-state index in [0.717, 1.165) is 32.1 Å². The zero-order valence-corrected chi connectivity index (χ0v) is 11.5. The Kier molecular flexibility index (Phi) is 3.46. The summed E-state index contributed by atoms with van der Waals surface area (Å²) in [5.41, 5.74) is 0.148. The Morgan fingerprint density at radius 3 is 2.70 bits per heavy atom. The van der Waals surface area contributed by atoms with Crippen molar-refractivity contribution in [3.8, 4) is 0 Å². The Bertz CT molecular complexity index is 517. The SMILES string of the molecule is COC(=O)c1coc(CN(C(=O)C2CCC2)C2CC2)n1. The number of amides is 1. The Hall–Kier alpha value is -1.85. The topological polar surface area (TPSA) is 72.6 Å². The molecule has 108 valence electrons. The van der Waals surface area contributed by atoms with E-state index in [0.29, 0.717) is 18.5 Å². The van der Waals surface area contributed by atoms with Crippen molar-refractivity contribution in [1.29, 1.82) is 0 Å². The van der Waals surface area contributed by atoms with E-state index in [4.69, 9.17) is 4.42 Å². The average Bonchev–Trinajstić information content (AvgIpc) is 3.11. The summed E-state index contributed by atoms with van der Waals surface area (Å²) in [4.78, 5) is 29.6. The first-order valence-electron chi connectivity index (χ1n) is 7.02. The van der Waals surface area contributed by atoms with E-state index in [1.165, 1.54) is 13.4 Å². The highest BCUT2D eigenvalue weighted by Gasteiger charge is 2.38. The van der Waals surface area contributed by atoms with Crippen LogP contribution in [-0.4, -0.2) is 34.9 Å². The molecule has 6 heteroatoms. The van der Waals surface area contributed by atoms with Crippen molar-refractivity contribution in [2.75, 3.05) is 7.11 Å². The maximum atomic E-state index is 12.4. The third kappa shape index (κ3) is 2.55. The lowest BCUT2D eigenvalue weighted by Gasteiger charge is -2.31. The van der Waals surface area contributed by atoms with Gasteiger partial charge in [0.1, 0.15) is 6.26 Å². The molecule has 0 unspecified atom stereocenters. The molecule has 0 radical (unpaired) electrons. The number of nitrogens with zero attached hydrogens (tertiary/aromatic N) is 2. The van der Waals surface area contributed by atoms with E-state index in [9.17, 15) is 9.59 Å². The fourth-order valence-electron chi connectivity index (χ4n) is 2.39. The van der Waals surface area contributed by atoms with Crippen molar-refractivity contribution < 1.29 is 18.7 Å². The van der Waals surface area contributed by atoms with Gasteiger partial charge in [0, 0.05) is 12.0 Å². The molecule has 2 saturated carbocycles. The molecule has 1 amide bonds. The van der Waals surface area contributed by atoms with Gasteiger partial charge < -0.3 is 14.1 Å². The minimum atomic E-state index is -0.525. The van der Waals surface area contributed by atoms with Gasteiger partial charge >= 0.3 is 5.97 Å². The third-order valence-electron chi connectivity index (χ3n) is 3.98. The van der Waals surface area contributed by atoms with Crippen molar-refractivity contribution in [2.24, 2.45) is 5.92 Å². The molecule has 3 rings (SSSR count). The number of methoxy groups -OCH3 is 1. The molecule has 2 fully saturated rings. The predicted octanol–water partition coefficient (Wildman–Crippen LogP) is 1.75. The maximum Gasteiger partial charge on any atom is 0.360 e. The number of ether oxygens (including phenoxy) is 1. The first-order valence-corrected chi connectivity index (χ1v) is 7.02. The van der Waals surface area contributed by atoms with Crippen LogP contribution in [0.1, 0.15) is 48.5 Å². The Morgan fingerprint density at radius 2 is 2.15 bits per heavy atom. The van der Waals surface area contributed by atoms with Crippen molar-refractivity contribution in [3.63, 3.8) is 0 Å². The van der Waals surface area contributed by atoms with Gasteiger partial charge in [-0.2, -0.15) is 0 Å². The molecule has 1 aromatic heterocycles. The summed E-state index contributed by atoms with van der Waals surface area (Å²) in [5.74, 6) is 0.246. The van der Waals surface area contributed by atoms with E-state index in [-0.39, 0.29) is 17.5 Å². The summed E-state index contributed by atoms with van der Waals surface area (Å²) >= 11 is 0. The van der Waals surface area contributed by atoms with Crippen LogP contribution in [0.3, 0.4) is 0 Å². The summed E-state index contributed by atoms with van der Waals surface area (Å²) in [6.45, 7) is 0.344. The van der Waals surface area contributed by atoms with E-state index in [1.54, 1.807) is 0 Å². The molecule has 0 aromatic carbocycles. The molecular weight excluding hydrogens is 260 g/mol. The maximum absolute atomic E-state index is 12.4. The third-order valence-corrected chi connectivity index (χ3v) is 3.98. The number of oxazole rings is 1. The van der Waals surface area contributed by atoms with Crippen molar-refractivity contribution in [1.82, 2.24) is 9.88 Å². The largest absolute Gasteiger partial charge is 0.464 e. The lowest BCUT2D eigenvalue weighted by molar-refractivity contribution is -0.139. The molecule has 6 nitrogen and oxygen atoms in total. The van der Waals surface area contributed by atoms with Crippen molar-refractivity contribution in [2.45, 2.75) is 44.7 Å². The lowest BCUT2D eigenvalue weighted by atomic mass is 9.84. The average molecular weight is 278 g/mol. The second kappa shape index (κ2) is 5.26. The second-order valence-electron chi connectivity index (χ2n) is 5.44. The molecule has 0 N–H and O–H groups in total. The highest BCUT2D eigenvalue weighted by molar-refractivity contribution is 5.86. The van der Waals surface area contributed by atoms with Gasteiger partial charge in [0.2, 0.25) is 11.8 Å². The van der Waals surface area contributed by atoms with E-state index in [2.05, 4.69) is 9.72 Å². The quantitative estimate of drug-likeness (QED) is 0.767. The monoisotopic (exact) mass is 278 g/mol. The van der Waals surface area contributed by atoms with E-state index >= 15 is 0 Å². The molecule has 2 aliphatic rings. The standard InChI is InChI=1S/C14H18N2O4/c1-19-14(18)11-8-20-12(15-11)7-16(10-5-6-10)13(17)9-3-2-4-9/h8-10H,2-7H2,1H3. The van der Waals surface area contributed by atoms with Crippen LogP contribution in [0.25, 0.3) is 0 Å². The summed E-state index contributed by atoms with van der Waals surface area (Å²) in [6.07, 6.45) is 6.48. The van der Waals surface area contributed by atoms with E-state index in [1.807, 2.05) is 4.90 Å². The van der Waals surface area contributed by atoms with Crippen LogP contribution in [0, 0.1) is 5.92 Å². The van der Waals surface area contributed by atoms with Crippen molar-refractivity contribution >= 4 is 11.9 Å². The summed E-state index contributed by atoms with van der Waals surface area (Å²) in [7, 11) is 1.30. The molecular formula is C14H18N2O4. The van der Waals surface area contributed by atoms with Gasteiger partial charge in [-0.05, 0) is 25.7 Å². The number of carbonyl (C=O) groups is 2. The molecule has 20 heavy (non-hydrogen) atoms. The van der Waals surface area contributed by atoms with Crippen LogP contribution in [0.4, 0.5) is 0 Å². The zero-order chi connectivity index (χ0) is 14.1. The molecule has 1 heterocycles. The molecule has 0 spiro atoms. The van der Waals surface area contributed by atoms with Crippen molar-refractivity contribution in [3.05, 3.63) is 17.8 Å². The van der Waals surface area contributed by atoms with Gasteiger partial charge in [0.05, 0.1) is 13.7 Å². The van der Waals surface area contributed by atoms with Crippen LogP contribution >= 0.6 is 0 Å². The highest BCUT2D eigenvalue weighted by atomic mass is 16.5. The number of aromatic nitrogens is 1. The van der Waals surface area contributed by atoms with Gasteiger partial charge in [0.25, 0.3) is 0 Å². The Balaban J connectivity index is 1.68. The Labute approximate surface area is 117 Å². The first-order chi connectivity index (χ1) is 9.69. The second-order valence-corrected chi connectivity index (χ2v) is 5.44. The summed E-state index contributed by atoms with van der Waals surface area (Å²) in [5, 5.41) is 0. The van der Waals surface area contributed by atoms with Gasteiger partial charge in [-0.1, -0.05) is 6.42 Å². The smallest absolute Gasteiger partial charge is 0.360 e. The van der Waals surface area contributed by atoms with Gasteiger partial charge in [-0.25, -0.2) is 9.78 Å². The minimum absolute atomic E-state index is 0.148. The first kappa shape index (κ1) is 13.1. The van der Waals surface area contributed by atoms with Gasteiger partial charge in [-0.15, -0.1) is 0 Å². The fraction of sp³-hybridized carbons (Fsp3) is 0.643. The molecule has 0 saturated heterocycles. The highest BCUT2D eigenvalue weighted by Crippen LogP contribution is 2.34. The lowest BCUT2D eigenvalue weighted by Crippen LogP contribution is -2.39. The van der Waals surface area contributed by atoms with Crippen LogP contribution in [0.2, 0.25) is 0 Å². The molecule has 0 bridgehead atoms. The number of esters is 1. The summed E-state index contributed by atoms with van der Waals surface area (Å²) in [6, 6.07) is 0.316. The predicted molar refractivity (Wildman–Crippen MR) is 68.8 cm³/mol. The number of rotatable bonds is 5. The number of hydrogen-bond acceptors (Lipinski definition) is 5. The molecule has 0 aliphatic heterocycles. The number of carbonyl (C=O) groups excluding carboxylic acids is 2. The van der Waals surface area contributed by atoms with E-state index < -0.39 is 5.97 Å². The van der Waals surface area contributed by atoms with Crippen LogP contribution in [0.5, 0.6) is 0 Å². The minimum Gasteiger partial charge on any atom is -0.464 e. The molecule has 1 aromatic rings. The normalized spacial score (nSPS) is 18.4. The summed E-state index contributed by atoms with van der Waals surface area (Å²) < 4.78 is 9.86. The number of hydrogen-bond donors (Lipinski definition) is 0.